The summed E-state index contributed by atoms with van der Waals surface area (Å²) in [6, 6.07) is 13.4. The number of nitrogens with zero attached hydrogens (tertiary/aromatic N) is 1. The summed E-state index contributed by atoms with van der Waals surface area (Å²) < 4.78 is 10.6. The first-order valence-electron chi connectivity index (χ1n) is 9.52. The van der Waals surface area contributed by atoms with E-state index < -0.39 is 5.63 Å². The number of nitrogens with one attached hydrogen (secondary N) is 1. The van der Waals surface area contributed by atoms with E-state index in [1.165, 1.54) is 0 Å². The van der Waals surface area contributed by atoms with Crippen LogP contribution in [0.15, 0.2) is 51.7 Å². The van der Waals surface area contributed by atoms with Crippen molar-refractivity contribution in [2.45, 2.75) is 26.3 Å². The molecule has 0 spiro atoms. The molecule has 2 aromatic carbocycles. The van der Waals surface area contributed by atoms with Gasteiger partial charge in [0.15, 0.2) is 0 Å². The molecule has 1 aromatic heterocycles. The summed E-state index contributed by atoms with van der Waals surface area (Å²) in [7, 11) is 5.53. The first-order chi connectivity index (χ1) is 13.9. The van der Waals surface area contributed by atoms with Gasteiger partial charge >= 0.3 is 5.63 Å². The molecular formula is C23H26N2O4. The van der Waals surface area contributed by atoms with Gasteiger partial charge in [0.1, 0.15) is 11.3 Å². The van der Waals surface area contributed by atoms with Crippen molar-refractivity contribution in [3.05, 3.63) is 69.6 Å². The van der Waals surface area contributed by atoms with E-state index in [0.717, 1.165) is 22.2 Å². The number of carbonyl (C=O) groups excluding carboxylic acids is 1. The van der Waals surface area contributed by atoms with E-state index in [-0.39, 0.29) is 12.3 Å². The molecule has 1 heterocycles. The molecule has 0 aliphatic rings. The maximum absolute atomic E-state index is 12.4. The first-order valence-corrected chi connectivity index (χ1v) is 9.52. The number of ether oxygens (including phenoxy) is 1. The zero-order valence-electron chi connectivity index (χ0n) is 17.2. The Morgan fingerprint density at radius 3 is 2.52 bits per heavy atom. The quantitative estimate of drug-likeness (QED) is 0.622. The van der Waals surface area contributed by atoms with Crippen LogP contribution in [-0.4, -0.2) is 27.1 Å². The van der Waals surface area contributed by atoms with Crippen LogP contribution >= 0.6 is 0 Å². The number of hydrogen-bond donors (Lipinski definition) is 1. The van der Waals surface area contributed by atoms with E-state index in [1.54, 1.807) is 13.2 Å². The summed E-state index contributed by atoms with van der Waals surface area (Å²) in [5.74, 6) is 0.529. The molecule has 0 bridgehead atoms. The highest BCUT2D eigenvalue weighted by Gasteiger charge is 2.13. The summed E-state index contributed by atoms with van der Waals surface area (Å²) in [4.78, 5) is 26.7. The summed E-state index contributed by atoms with van der Waals surface area (Å²) in [5, 5.41) is 3.76. The molecule has 3 aromatic rings. The second kappa shape index (κ2) is 8.82. The first kappa shape index (κ1) is 20.5. The second-order valence-corrected chi connectivity index (χ2v) is 7.19. The Balaban J connectivity index is 1.64. The molecule has 0 radical (unpaired) electrons. The van der Waals surface area contributed by atoms with Gasteiger partial charge in [-0.3, -0.25) is 4.79 Å². The van der Waals surface area contributed by atoms with Gasteiger partial charge in [0.25, 0.3) is 0 Å². The number of methoxy groups -OCH3 is 1. The Hall–Kier alpha value is -3.28. The van der Waals surface area contributed by atoms with Gasteiger partial charge in [0.2, 0.25) is 5.91 Å². The topological polar surface area (TPSA) is 71.8 Å². The van der Waals surface area contributed by atoms with Crippen LogP contribution in [0.4, 0.5) is 5.69 Å². The Labute approximate surface area is 170 Å². The van der Waals surface area contributed by atoms with Crippen molar-refractivity contribution in [3.8, 4) is 5.75 Å². The van der Waals surface area contributed by atoms with Crippen LogP contribution in [-0.2, 0) is 17.8 Å². The van der Waals surface area contributed by atoms with Gasteiger partial charge in [-0.15, -0.1) is 0 Å². The Kier molecular flexibility index (Phi) is 6.22. The monoisotopic (exact) mass is 394 g/mol. The van der Waals surface area contributed by atoms with E-state index in [0.29, 0.717) is 29.9 Å². The van der Waals surface area contributed by atoms with Crippen LogP contribution in [0.5, 0.6) is 5.75 Å². The molecule has 0 saturated heterocycles. The zero-order valence-corrected chi connectivity index (χ0v) is 17.2. The third kappa shape index (κ3) is 4.77. The lowest BCUT2D eigenvalue weighted by Gasteiger charge is -2.13. The summed E-state index contributed by atoms with van der Waals surface area (Å²) in [5.41, 5.74) is 3.59. The van der Waals surface area contributed by atoms with Crippen molar-refractivity contribution in [2.75, 3.05) is 26.1 Å². The zero-order chi connectivity index (χ0) is 21.0. The van der Waals surface area contributed by atoms with Crippen LogP contribution in [0.25, 0.3) is 11.0 Å². The van der Waals surface area contributed by atoms with Crippen molar-refractivity contribution in [1.82, 2.24) is 5.32 Å². The number of benzene rings is 2. The third-order valence-corrected chi connectivity index (χ3v) is 5.04. The van der Waals surface area contributed by atoms with Crippen LogP contribution < -0.4 is 20.6 Å². The molecule has 0 atom stereocenters. The fourth-order valence-electron chi connectivity index (χ4n) is 3.23. The van der Waals surface area contributed by atoms with Gasteiger partial charge in [-0.25, -0.2) is 4.79 Å². The van der Waals surface area contributed by atoms with Crippen molar-refractivity contribution in [1.29, 1.82) is 0 Å². The minimum Gasteiger partial charge on any atom is -0.497 e. The molecule has 0 aliphatic heterocycles. The molecule has 29 heavy (non-hydrogen) atoms. The molecule has 6 nitrogen and oxygen atoms in total. The average Bonchev–Trinajstić information content (AvgIpc) is 2.71. The van der Waals surface area contributed by atoms with E-state index >= 15 is 0 Å². The fraction of sp³-hybridized carbons (Fsp3) is 0.304. The van der Waals surface area contributed by atoms with Gasteiger partial charge in [-0.1, -0.05) is 12.1 Å². The number of aryl methyl sites for hydroxylation is 1. The second-order valence-electron chi connectivity index (χ2n) is 7.19. The Morgan fingerprint density at radius 1 is 1.14 bits per heavy atom. The van der Waals surface area contributed by atoms with Gasteiger partial charge in [0, 0.05) is 49.8 Å². The maximum Gasteiger partial charge on any atom is 0.339 e. The SMILES string of the molecule is COc1ccc2c(C)c(CCC(=O)NCc3ccc(N(C)C)cc3)c(=O)oc2c1. The van der Waals surface area contributed by atoms with Crippen LogP contribution in [0.1, 0.15) is 23.1 Å². The standard InChI is InChI=1S/C23H26N2O4/c1-15-19-10-9-18(28-4)13-21(19)29-23(27)20(15)11-12-22(26)24-14-16-5-7-17(8-6-16)25(2)3/h5-10,13H,11-12,14H2,1-4H3,(H,24,26). The van der Waals surface area contributed by atoms with Gasteiger partial charge < -0.3 is 19.4 Å². The van der Waals surface area contributed by atoms with E-state index in [4.69, 9.17) is 9.15 Å². The predicted molar refractivity (Wildman–Crippen MR) is 115 cm³/mol. The number of hydrogen-bond acceptors (Lipinski definition) is 5. The highest BCUT2D eigenvalue weighted by molar-refractivity contribution is 5.82. The molecule has 1 N–H and O–H groups in total. The van der Waals surface area contributed by atoms with Crippen LogP contribution in [0.2, 0.25) is 0 Å². The summed E-state index contributed by atoms with van der Waals surface area (Å²) >= 11 is 0. The highest BCUT2D eigenvalue weighted by atomic mass is 16.5. The molecule has 6 heteroatoms. The smallest absolute Gasteiger partial charge is 0.339 e. The molecule has 0 fully saturated rings. The third-order valence-electron chi connectivity index (χ3n) is 5.04. The van der Waals surface area contributed by atoms with E-state index in [2.05, 4.69) is 5.32 Å². The molecule has 0 unspecified atom stereocenters. The van der Waals surface area contributed by atoms with Crippen molar-refractivity contribution >= 4 is 22.6 Å². The molecule has 0 saturated carbocycles. The lowest BCUT2D eigenvalue weighted by atomic mass is 10.0. The van der Waals surface area contributed by atoms with Crippen LogP contribution in [0.3, 0.4) is 0 Å². The van der Waals surface area contributed by atoms with Crippen molar-refractivity contribution in [2.24, 2.45) is 0 Å². The van der Waals surface area contributed by atoms with Crippen molar-refractivity contribution in [3.63, 3.8) is 0 Å². The summed E-state index contributed by atoms with van der Waals surface area (Å²) in [6.07, 6.45) is 0.560. The van der Waals surface area contributed by atoms with E-state index in [1.807, 2.05) is 62.3 Å². The van der Waals surface area contributed by atoms with Crippen molar-refractivity contribution < 1.29 is 13.9 Å². The summed E-state index contributed by atoms with van der Waals surface area (Å²) in [6.45, 7) is 2.34. The number of anilines is 1. The highest BCUT2D eigenvalue weighted by Crippen LogP contribution is 2.24. The Bertz CT molecular complexity index is 1070. The van der Waals surface area contributed by atoms with Gasteiger partial charge in [-0.05, 0) is 48.7 Å². The maximum atomic E-state index is 12.4. The van der Waals surface area contributed by atoms with Crippen LogP contribution in [0, 0.1) is 6.92 Å². The lowest BCUT2D eigenvalue weighted by Crippen LogP contribution is -2.24. The average molecular weight is 394 g/mol. The molecule has 1 amide bonds. The normalized spacial score (nSPS) is 10.8. The largest absolute Gasteiger partial charge is 0.497 e. The number of rotatable bonds is 7. The number of carbonyl (C=O) groups is 1. The minimum absolute atomic E-state index is 0.102. The Morgan fingerprint density at radius 2 is 1.86 bits per heavy atom. The number of fused-ring (bicyclic) bond motifs is 1. The number of amides is 1. The van der Waals surface area contributed by atoms with Gasteiger partial charge in [0.05, 0.1) is 7.11 Å². The molecule has 152 valence electrons. The predicted octanol–water partition coefficient (Wildman–Crippen LogP) is 3.43. The molecule has 0 aliphatic carbocycles. The molecule has 3 rings (SSSR count). The van der Waals surface area contributed by atoms with Gasteiger partial charge in [-0.2, -0.15) is 0 Å². The van der Waals surface area contributed by atoms with E-state index in [9.17, 15) is 9.59 Å². The fourth-order valence-corrected chi connectivity index (χ4v) is 3.23. The minimum atomic E-state index is -0.407. The molecular weight excluding hydrogens is 368 g/mol. The lowest BCUT2D eigenvalue weighted by molar-refractivity contribution is -0.121.